The molecular weight excluding hydrogens is 532 g/mol. The number of anilines is 1. The number of rotatable bonds is 3. The van der Waals surface area contributed by atoms with Gasteiger partial charge in [-0.15, -0.1) is 0 Å². The van der Waals surface area contributed by atoms with E-state index in [2.05, 4.69) is 25.8 Å². The monoisotopic (exact) mass is 558 g/mol. The molecule has 2 atom stereocenters. The average Bonchev–Trinajstić information content (AvgIpc) is 3.55. The second-order valence-electron chi connectivity index (χ2n) is 11.1. The van der Waals surface area contributed by atoms with Crippen LogP contribution in [0, 0.1) is 0 Å². The van der Waals surface area contributed by atoms with E-state index in [0.29, 0.717) is 33.2 Å². The van der Waals surface area contributed by atoms with Crippen LogP contribution in [0.5, 0.6) is 5.75 Å². The van der Waals surface area contributed by atoms with Gasteiger partial charge in [0.2, 0.25) is 0 Å². The molecule has 2 aliphatic rings. The number of hydrogen-bond acceptors (Lipinski definition) is 6. The van der Waals surface area contributed by atoms with Crippen molar-refractivity contribution in [2.24, 2.45) is 0 Å². The first-order valence-electron chi connectivity index (χ1n) is 12.8. The van der Waals surface area contributed by atoms with Crippen LogP contribution < -0.4 is 9.64 Å². The molecule has 1 saturated heterocycles. The first-order valence-corrected chi connectivity index (χ1v) is 14.0. The van der Waals surface area contributed by atoms with Crippen LogP contribution in [0.3, 0.4) is 0 Å². The number of aliphatic hydroxyl groups is 1. The van der Waals surface area contributed by atoms with Crippen molar-refractivity contribution in [1.29, 1.82) is 0 Å². The lowest BCUT2D eigenvalue weighted by atomic mass is 9.85. The lowest BCUT2D eigenvalue weighted by Crippen LogP contribution is -2.29. The van der Waals surface area contributed by atoms with E-state index >= 15 is 0 Å². The van der Waals surface area contributed by atoms with Gasteiger partial charge in [0.1, 0.15) is 17.6 Å². The average molecular weight is 559 g/mol. The zero-order valence-corrected chi connectivity index (χ0v) is 23.6. The van der Waals surface area contributed by atoms with E-state index in [0.717, 1.165) is 21.6 Å². The highest BCUT2D eigenvalue weighted by Crippen LogP contribution is 2.45. The third-order valence-corrected chi connectivity index (χ3v) is 8.50. The molecule has 1 N–H and O–H groups in total. The van der Waals surface area contributed by atoms with Gasteiger partial charge in [0.15, 0.2) is 5.13 Å². The van der Waals surface area contributed by atoms with E-state index in [9.17, 15) is 14.7 Å². The number of benzene rings is 3. The first-order chi connectivity index (χ1) is 18.5. The number of thiazole rings is 1. The van der Waals surface area contributed by atoms with Gasteiger partial charge in [-0.3, -0.25) is 14.5 Å². The van der Waals surface area contributed by atoms with E-state index in [1.807, 2.05) is 37.3 Å². The van der Waals surface area contributed by atoms with Crippen LogP contribution >= 0.6 is 22.9 Å². The fourth-order valence-electron chi connectivity index (χ4n) is 5.22. The molecule has 8 heteroatoms. The minimum absolute atomic E-state index is 0.0349. The number of aliphatic hydroxyl groups excluding tert-OH is 1. The number of ether oxygens (including phenoxy) is 1. The number of fused-ring (bicyclic) bond motifs is 2. The van der Waals surface area contributed by atoms with Gasteiger partial charge in [-0.1, -0.05) is 68.0 Å². The standard InChI is InChI=1S/C31H27ClN2O4S/c1-16-13-19-14-18(7-12-23(19)38-16)27(35)25-26(17-5-8-20(9-6-17)31(2,3)4)34(29(37)28(25)36)30-33-22-11-10-21(32)15-24(22)39-30/h5-12,14-16,26,35H,13H2,1-4H3/t16-,26-/m1/s1. The number of carbonyl (C=O) groups is 2. The molecule has 0 spiro atoms. The van der Waals surface area contributed by atoms with Crippen LogP contribution in [0.25, 0.3) is 16.0 Å². The second-order valence-corrected chi connectivity index (χ2v) is 12.6. The van der Waals surface area contributed by atoms with Crippen LogP contribution in [0.1, 0.15) is 56.0 Å². The van der Waals surface area contributed by atoms with Gasteiger partial charge in [0.25, 0.3) is 5.78 Å². The third kappa shape index (κ3) is 4.39. The summed E-state index contributed by atoms with van der Waals surface area (Å²) < 4.78 is 6.60. The molecule has 0 bridgehead atoms. The van der Waals surface area contributed by atoms with Gasteiger partial charge < -0.3 is 9.84 Å². The van der Waals surface area contributed by atoms with Crippen molar-refractivity contribution in [3.8, 4) is 5.75 Å². The minimum atomic E-state index is -0.849. The summed E-state index contributed by atoms with van der Waals surface area (Å²) in [4.78, 5) is 33.2. The van der Waals surface area contributed by atoms with Crippen molar-refractivity contribution in [2.45, 2.75) is 51.7 Å². The van der Waals surface area contributed by atoms with Crippen LogP contribution in [-0.4, -0.2) is 27.9 Å². The van der Waals surface area contributed by atoms with Crippen molar-refractivity contribution in [3.05, 3.63) is 93.5 Å². The van der Waals surface area contributed by atoms with E-state index in [1.165, 1.54) is 16.2 Å². The lowest BCUT2D eigenvalue weighted by Gasteiger charge is -2.24. The summed E-state index contributed by atoms with van der Waals surface area (Å²) in [6.07, 6.45) is 0.744. The van der Waals surface area contributed by atoms with Crippen molar-refractivity contribution in [2.75, 3.05) is 4.90 Å². The number of ketones is 1. The highest BCUT2D eigenvalue weighted by atomic mass is 35.5. The van der Waals surface area contributed by atoms with Crippen molar-refractivity contribution >= 4 is 55.7 Å². The van der Waals surface area contributed by atoms with Gasteiger partial charge in [-0.25, -0.2) is 4.98 Å². The lowest BCUT2D eigenvalue weighted by molar-refractivity contribution is -0.132. The quantitative estimate of drug-likeness (QED) is 0.163. The Bertz CT molecular complexity index is 1680. The molecule has 0 aliphatic carbocycles. The maximum Gasteiger partial charge on any atom is 0.301 e. The summed E-state index contributed by atoms with van der Waals surface area (Å²) in [6, 6.07) is 17.7. The van der Waals surface area contributed by atoms with Crippen molar-refractivity contribution in [1.82, 2.24) is 4.98 Å². The molecule has 1 fully saturated rings. The number of carbonyl (C=O) groups excluding carboxylic acids is 2. The Hall–Kier alpha value is -3.68. The van der Waals surface area contributed by atoms with Gasteiger partial charge in [0, 0.05) is 17.0 Å². The van der Waals surface area contributed by atoms with Gasteiger partial charge in [-0.2, -0.15) is 0 Å². The van der Waals surface area contributed by atoms with Gasteiger partial charge in [0.05, 0.1) is 21.8 Å². The number of amides is 1. The van der Waals surface area contributed by atoms with Crippen LogP contribution in [0.15, 0.2) is 66.2 Å². The molecule has 39 heavy (non-hydrogen) atoms. The molecule has 3 heterocycles. The molecule has 2 aliphatic heterocycles. The molecular formula is C31H27ClN2O4S. The largest absolute Gasteiger partial charge is 0.507 e. The summed E-state index contributed by atoms with van der Waals surface area (Å²) in [5.41, 5.74) is 3.89. The summed E-state index contributed by atoms with van der Waals surface area (Å²) >= 11 is 7.48. The maximum atomic E-state index is 13.6. The Labute approximate surface area is 235 Å². The predicted octanol–water partition coefficient (Wildman–Crippen LogP) is 7.20. The molecule has 0 radical (unpaired) electrons. The number of Topliss-reactive ketones (excluding diaryl/α,β-unsaturated/α-hetero) is 1. The Morgan fingerprint density at radius 3 is 2.54 bits per heavy atom. The van der Waals surface area contributed by atoms with E-state index < -0.39 is 17.7 Å². The summed E-state index contributed by atoms with van der Waals surface area (Å²) in [5, 5.41) is 12.5. The van der Waals surface area contributed by atoms with Gasteiger partial charge in [-0.05, 0) is 65.4 Å². The van der Waals surface area contributed by atoms with Gasteiger partial charge >= 0.3 is 5.91 Å². The Kier molecular flexibility index (Phi) is 6.04. The van der Waals surface area contributed by atoms with E-state index in [-0.39, 0.29) is 22.9 Å². The zero-order valence-electron chi connectivity index (χ0n) is 22.0. The normalized spacial score (nSPS) is 20.5. The van der Waals surface area contributed by atoms with Crippen molar-refractivity contribution < 1.29 is 19.4 Å². The Morgan fingerprint density at radius 2 is 1.82 bits per heavy atom. The Morgan fingerprint density at radius 1 is 1.08 bits per heavy atom. The van der Waals surface area contributed by atoms with E-state index in [4.69, 9.17) is 16.3 Å². The number of nitrogens with zero attached hydrogens (tertiary/aromatic N) is 2. The molecule has 1 amide bonds. The molecule has 6 rings (SSSR count). The Balaban J connectivity index is 1.53. The minimum Gasteiger partial charge on any atom is -0.507 e. The van der Waals surface area contributed by atoms with Crippen molar-refractivity contribution in [3.63, 3.8) is 0 Å². The van der Waals surface area contributed by atoms with Crippen LogP contribution in [0.2, 0.25) is 5.02 Å². The first kappa shape index (κ1) is 25.6. The number of aromatic nitrogens is 1. The summed E-state index contributed by atoms with van der Waals surface area (Å²) in [7, 11) is 0. The smallest absolute Gasteiger partial charge is 0.301 e. The maximum absolute atomic E-state index is 13.6. The number of halogens is 1. The highest BCUT2D eigenvalue weighted by molar-refractivity contribution is 7.22. The molecule has 0 saturated carbocycles. The predicted molar refractivity (Wildman–Crippen MR) is 155 cm³/mol. The SMILES string of the molecule is C[C@@H]1Cc2cc(C(O)=C3C(=O)C(=O)N(c4nc5ccc(Cl)cc5s4)[C@@H]3c3ccc(C(C)(C)C)cc3)ccc2O1. The number of hydrogen-bond donors (Lipinski definition) is 1. The molecule has 1 aromatic heterocycles. The second kappa shape index (κ2) is 9.21. The van der Waals surface area contributed by atoms with E-state index in [1.54, 1.807) is 30.3 Å². The highest BCUT2D eigenvalue weighted by Gasteiger charge is 2.48. The molecule has 4 aromatic rings. The summed E-state index contributed by atoms with van der Waals surface area (Å²) in [6.45, 7) is 8.35. The fraction of sp³-hybridized carbons (Fsp3) is 0.258. The molecule has 0 unspecified atom stereocenters. The van der Waals surface area contributed by atoms with Crippen LogP contribution in [0.4, 0.5) is 5.13 Å². The molecule has 198 valence electrons. The fourth-order valence-corrected chi connectivity index (χ4v) is 6.49. The molecule has 6 nitrogen and oxygen atoms in total. The third-order valence-electron chi connectivity index (χ3n) is 7.25. The summed E-state index contributed by atoms with van der Waals surface area (Å²) in [5.74, 6) is -0.932. The zero-order chi connectivity index (χ0) is 27.6. The molecule has 3 aromatic carbocycles. The topological polar surface area (TPSA) is 79.7 Å². The van der Waals surface area contributed by atoms with Crippen LogP contribution in [-0.2, 0) is 21.4 Å².